The molecular formula is C20H21BrClNO2. The van der Waals surface area contributed by atoms with Gasteiger partial charge in [0.15, 0.2) is 0 Å². The molecule has 1 fully saturated rings. The van der Waals surface area contributed by atoms with Gasteiger partial charge < -0.3 is 9.84 Å². The Kier molecular flexibility index (Phi) is 5.05. The Bertz CT molecular complexity index is 782. The van der Waals surface area contributed by atoms with Gasteiger partial charge in [0, 0.05) is 24.1 Å². The summed E-state index contributed by atoms with van der Waals surface area (Å²) in [6, 6.07) is 12.5. The number of aryl methyl sites for hydroxylation is 1. The molecule has 1 unspecified atom stereocenters. The lowest BCUT2D eigenvalue weighted by atomic mass is 10.1. The molecule has 0 amide bonds. The first-order chi connectivity index (χ1) is 12.1. The second-order valence-corrected chi connectivity index (χ2v) is 8.14. The molecule has 4 rings (SSSR count). The van der Waals surface area contributed by atoms with Crippen LogP contribution in [0.3, 0.4) is 0 Å². The SMILES string of the molecule is O[C@@H]1CCN(Cc2ccc3c(c2)CCC3Oc2cccc(Br)c2Cl)C1. The lowest BCUT2D eigenvalue weighted by Gasteiger charge is -2.18. The lowest BCUT2D eigenvalue weighted by molar-refractivity contribution is 0.175. The molecule has 5 heteroatoms. The van der Waals surface area contributed by atoms with Crippen molar-refractivity contribution in [3.8, 4) is 5.75 Å². The summed E-state index contributed by atoms with van der Waals surface area (Å²) >= 11 is 9.78. The predicted molar refractivity (Wildman–Crippen MR) is 103 cm³/mol. The molecule has 0 saturated carbocycles. The van der Waals surface area contributed by atoms with Gasteiger partial charge in [-0.1, -0.05) is 35.9 Å². The summed E-state index contributed by atoms with van der Waals surface area (Å²) in [7, 11) is 0. The highest BCUT2D eigenvalue weighted by Gasteiger charge is 2.26. The van der Waals surface area contributed by atoms with E-state index in [2.05, 4.69) is 39.0 Å². The van der Waals surface area contributed by atoms with Crippen LogP contribution in [0.1, 0.15) is 35.6 Å². The molecular weight excluding hydrogens is 402 g/mol. The standard InChI is InChI=1S/C20H21BrClNO2/c21-17-2-1-3-19(20(17)22)25-18-7-5-14-10-13(4-6-16(14)18)11-23-9-8-15(24)12-23/h1-4,6,10,15,18,24H,5,7-9,11-12H2/t15-,18?/m1/s1. The van der Waals surface area contributed by atoms with E-state index in [1.54, 1.807) is 0 Å². The molecule has 2 aromatic carbocycles. The molecule has 1 heterocycles. The van der Waals surface area contributed by atoms with Crippen LogP contribution in [0.5, 0.6) is 5.75 Å². The summed E-state index contributed by atoms with van der Waals surface area (Å²) in [6.45, 7) is 2.67. The molecule has 0 bridgehead atoms. The number of likely N-dealkylation sites (tertiary alicyclic amines) is 1. The smallest absolute Gasteiger partial charge is 0.139 e. The number of nitrogens with zero attached hydrogens (tertiary/aromatic N) is 1. The van der Waals surface area contributed by atoms with Gasteiger partial charge in [0.05, 0.1) is 11.1 Å². The summed E-state index contributed by atoms with van der Waals surface area (Å²) < 4.78 is 7.05. The van der Waals surface area contributed by atoms with Gasteiger partial charge in [-0.05, 0) is 64.0 Å². The second kappa shape index (κ2) is 7.28. The fraction of sp³-hybridized carbons (Fsp3) is 0.400. The Hall–Kier alpha value is -1.07. The van der Waals surface area contributed by atoms with Gasteiger partial charge in [-0.2, -0.15) is 0 Å². The van der Waals surface area contributed by atoms with Gasteiger partial charge in [-0.15, -0.1) is 0 Å². The third kappa shape index (κ3) is 3.72. The van der Waals surface area contributed by atoms with Crippen molar-refractivity contribution in [1.82, 2.24) is 4.90 Å². The van der Waals surface area contributed by atoms with E-state index in [0.29, 0.717) is 5.02 Å². The van der Waals surface area contributed by atoms with Crippen molar-refractivity contribution >= 4 is 27.5 Å². The molecule has 2 aliphatic rings. The first-order valence-corrected chi connectivity index (χ1v) is 9.90. The van der Waals surface area contributed by atoms with Crippen LogP contribution in [0.4, 0.5) is 0 Å². The maximum atomic E-state index is 9.68. The van der Waals surface area contributed by atoms with Crippen LogP contribution in [0.15, 0.2) is 40.9 Å². The van der Waals surface area contributed by atoms with Crippen molar-refractivity contribution in [3.63, 3.8) is 0 Å². The van der Waals surface area contributed by atoms with Gasteiger partial charge in [0.2, 0.25) is 0 Å². The van der Waals surface area contributed by atoms with Gasteiger partial charge in [-0.3, -0.25) is 4.90 Å². The Balaban J connectivity index is 1.48. The number of hydrogen-bond acceptors (Lipinski definition) is 3. The number of aliphatic hydroxyl groups is 1. The van der Waals surface area contributed by atoms with Crippen molar-refractivity contribution in [2.75, 3.05) is 13.1 Å². The Morgan fingerprint density at radius 1 is 1.24 bits per heavy atom. The van der Waals surface area contributed by atoms with Crippen molar-refractivity contribution in [3.05, 3.63) is 62.6 Å². The van der Waals surface area contributed by atoms with Gasteiger partial charge >= 0.3 is 0 Å². The average molecular weight is 423 g/mol. The van der Waals surface area contributed by atoms with Gasteiger partial charge in [-0.25, -0.2) is 0 Å². The maximum absolute atomic E-state index is 9.68. The molecule has 0 aromatic heterocycles. The number of aliphatic hydroxyl groups excluding tert-OH is 1. The van der Waals surface area contributed by atoms with Crippen LogP contribution in [-0.4, -0.2) is 29.2 Å². The highest BCUT2D eigenvalue weighted by atomic mass is 79.9. The fourth-order valence-corrected chi connectivity index (χ4v) is 4.31. The minimum atomic E-state index is -0.165. The van der Waals surface area contributed by atoms with Crippen molar-refractivity contribution in [2.45, 2.75) is 38.0 Å². The molecule has 1 aliphatic carbocycles. The zero-order valence-electron chi connectivity index (χ0n) is 13.9. The number of ether oxygens (including phenoxy) is 1. The minimum Gasteiger partial charge on any atom is -0.484 e. The summed E-state index contributed by atoms with van der Waals surface area (Å²) in [4.78, 5) is 2.32. The van der Waals surface area contributed by atoms with Crippen molar-refractivity contribution < 1.29 is 9.84 Å². The van der Waals surface area contributed by atoms with Crippen molar-refractivity contribution in [1.29, 1.82) is 0 Å². The van der Waals surface area contributed by atoms with E-state index in [1.165, 1.54) is 16.7 Å². The highest BCUT2D eigenvalue weighted by Crippen LogP contribution is 2.39. The van der Waals surface area contributed by atoms with Crippen LogP contribution < -0.4 is 4.74 Å². The van der Waals surface area contributed by atoms with E-state index in [9.17, 15) is 5.11 Å². The minimum absolute atomic E-state index is 0.0597. The molecule has 3 nitrogen and oxygen atoms in total. The molecule has 1 saturated heterocycles. The molecule has 132 valence electrons. The van der Waals surface area contributed by atoms with E-state index >= 15 is 0 Å². The second-order valence-electron chi connectivity index (χ2n) is 6.91. The summed E-state index contributed by atoms with van der Waals surface area (Å²) in [5.41, 5.74) is 3.95. The normalized spacial score (nSPS) is 23.0. The van der Waals surface area contributed by atoms with Crippen LogP contribution in [0, 0.1) is 0 Å². The molecule has 25 heavy (non-hydrogen) atoms. The fourth-order valence-electron chi connectivity index (χ4n) is 3.79. The van der Waals surface area contributed by atoms with Crippen LogP contribution in [0.2, 0.25) is 5.02 Å². The number of fused-ring (bicyclic) bond motifs is 1. The first kappa shape index (κ1) is 17.3. The average Bonchev–Trinajstić information content (AvgIpc) is 3.18. The maximum Gasteiger partial charge on any atom is 0.139 e. The van der Waals surface area contributed by atoms with Crippen LogP contribution in [-0.2, 0) is 13.0 Å². The molecule has 2 aromatic rings. The number of rotatable bonds is 4. The summed E-state index contributed by atoms with van der Waals surface area (Å²) in [5, 5.41) is 10.3. The highest BCUT2D eigenvalue weighted by molar-refractivity contribution is 9.10. The zero-order chi connectivity index (χ0) is 17.4. The third-order valence-electron chi connectivity index (χ3n) is 5.07. The number of benzene rings is 2. The molecule has 1 aliphatic heterocycles. The van der Waals surface area contributed by atoms with E-state index in [1.807, 2.05) is 18.2 Å². The Labute approximate surface area is 161 Å². The van der Waals surface area contributed by atoms with E-state index in [-0.39, 0.29) is 12.2 Å². The van der Waals surface area contributed by atoms with Gasteiger partial charge in [0.1, 0.15) is 11.9 Å². The van der Waals surface area contributed by atoms with E-state index < -0.39 is 0 Å². The lowest BCUT2D eigenvalue weighted by Crippen LogP contribution is -2.21. The largest absolute Gasteiger partial charge is 0.484 e. The summed E-state index contributed by atoms with van der Waals surface area (Å²) in [5.74, 6) is 0.726. The zero-order valence-corrected chi connectivity index (χ0v) is 16.3. The van der Waals surface area contributed by atoms with Gasteiger partial charge in [0.25, 0.3) is 0 Å². The number of halogens is 2. The molecule has 1 N–H and O–H groups in total. The monoisotopic (exact) mass is 421 g/mol. The first-order valence-electron chi connectivity index (χ1n) is 8.73. The van der Waals surface area contributed by atoms with E-state index in [4.69, 9.17) is 16.3 Å². The number of β-amino-alcohol motifs (C(OH)–C–C–N with tert-alkyl or cyclic N) is 1. The molecule has 2 atom stereocenters. The van der Waals surface area contributed by atoms with E-state index in [0.717, 1.165) is 49.1 Å². The summed E-state index contributed by atoms with van der Waals surface area (Å²) in [6.07, 6.45) is 2.78. The third-order valence-corrected chi connectivity index (χ3v) is 6.35. The quantitative estimate of drug-likeness (QED) is 0.773. The molecule has 0 spiro atoms. The Morgan fingerprint density at radius 2 is 2.12 bits per heavy atom. The number of hydrogen-bond donors (Lipinski definition) is 1. The van der Waals surface area contributed by atoms with Crippen LogP contribution >= 0.6 is 27.5 Å². The molecule has 0 radical (unpaired) electrons. The van der Waals surface area contributed by atoms with Crippen LogP contribution in [0.25, 0.3) is 0 Å². The van der Waals surface area contributed by atoms with Crippen molar-refractivity contribution in [2.24, 2.45) is 0 Å². The topological polar surface area (TPSA) is 32.7 Å². The Morgan fingerprint density at radius 3 is 2.92 bits per heavy atom. The predicted octanol–water partition coefficient (Wildman–Crippen LogP) is 4.74.